The standard InChI is InChI=1S/C12H11N3O6S/c1-5(16)13-6-3-4-22-8(6)9-14-10(21-12(19)20)7(17)11(18)15(9)2/h3-4,17H,1-2H3,(H,13,16)(H,19,20). The maximum absolute atomic E-state index is 11.9. The minimum Gasteiger partial charge on any atom is -0.499 e. The lowest BCUT2D eigenvalue weighted by Gasteiger charge is -2.10. The van der Waals surface area contributed by atoms with Crippen LogP contribution in [0.2, 0.25) is 0 Å². The molecule has 0 aromatic carbocycles. The summed E-state index contributed by atoms with van der Waals surface area (Å²) in [5.41, 5.74) is -0.463. The predicted octanol–water partition coefficient (Wildman–Crippen LogP) is 1.23. The van der Waals surface area contributed by atoms with Crippen LogP contribution in [0.1, 0.15) is 6.92 Å². The molecule has 22 heavy (non-hydrogen) atoms. The number of aromatic nitrogens is 2. The number of carboxylic acid groups (broad SMARTS) is 1. The van der Waals surface area contributed by atoms with Crippen molar-refractivity contribution < 1.29 is 24.5 Å². The monoisotopic (exact) mass is 325 g/mol. The molecule has 0 saturated heterocycles. The minimum atomic E-state index is -1.71. The molecule has 0 aliphatic heterocycles. The Labute approximate surface area is 127 Å². The van der Waals surface area contributed by atoms with E-state index in [2.05, 4.69) is 15.0 Å². The molecule has 0 aliphatic carbocycles. The lowest BCUT2D eigenvalue weighted by molar-refractivity contribution is -0.114. The van der Waals surface area contributed by atoms with Gasteiger partial charge in [0.05, 0.1) is 10.6 Å². The van der Waals surface area contributed by atoms with Gasteiger partial charge in [-0.2, -0.15) is 4.98 Å². The van der Waals surface area contributed by atoms with E-state index in [9.17, 15) is 19.5 Å². The molecule has 0 saturated carbocycles. The highest BCUT2D eigenvalue weighted by Gasteiger charge is 2.21. The SMILES string of the molecule is CC(=O)Nc1ccsc1-c1nc(OC(=O)O)c(O)c(=O)n1C. The summed E-state index contributed by atoms with van der Waals surface area (Å²) in [6, 6.07) is 1.61. The van der Waals surface area contributed by atoms with Gasteiger partial charge in [0.2, 0.25) is 11.7 Å². The maximum atomic E-state index is 11.9. The third kappa shape index (κ3) is 2.91. The molecule has 116 valence electrons. The van der Waals surface area contributed by atoms with Crippen LogP contribution < -0.4 is 15.6 Å². The highest BCUT2D eigenvalue weighted by Crippen LogP contribution is 2.33. The molecule has 0 unspecified atom stereocenters. The van der Waals surface area contributed by atoms with Crippen LogP contribution in [0.5, 0.6) is 11.6 Å². The molecule has 0 spiro atoms. The van der Waals surface area contributed by atoms with Crippen molar-refractivity contribution in [2.24, 2.45) is 7.05 Å². The van der Waals surface area contributed by atoms with E-state index in [1.54, 1.807) is 11.4 Å². The number of ether oxygens (including phenoxy) is 1. The Morgan fingerprint density at radius 1 is 1.45 bits per heavy atom. The first-order chi connectivity index (χ1) is 10.3. The van der Waals surface area contributed by atoms with Crippen molar-refractivity contribution >= 4 is 29.1 Å². The summed E-state index contributed by atoms with van der Waals surface area (Å²) >= 11 is 1.18. The normalized spacial score (nSPS) is 10.3. The second kappa shape index (κ2) is 5.85. The smallest absolute Gasteiger partial charge is 0.499 e. The molecule has 2 aromatic heterocycles. The van der Waals surface area contributed by atoms with Gasteiger partial charge in [-0.05, 0) is 11.4 Å². The second-order valence-corrected chi connectivity index (χ2v) is 5.08. The van der Waals surface area contributed by atoms with Crippen molar-refractivity contribution in [1.29, 1.82) is 0 Å². The molecule has 2 rings (SSSR count). The summed E-state index contributed by atoms with van der Waals surface area (Å²) in [5.74, 6) is -1.89. The summed E-state index contributed by atoms with van der Waals surface area (Å²) < 4.78 is 5.33. The number of nitrogens with zero attached hydrogens (tertiary/aromatic N) is 2. The van der Waals surface area contributed by atoms with Crippen molar-refractivity contribution in [3.63, 3.8) is 0 Å². The number of aromatic hydroxyl groups is 1. The number of hydrogen-bond donors (Lipinski definition) is 3. The van der Waals surface area contributed by atoms with Crippen LogP contribution in [0, 0.1) is 0 Å². The van der Waals surface area contributed by atoms with Crippen LogP contribution in [-0.4, -0.2) is 31.8 Å². The summed E-state index contributed by atoms with van der Waals surface area (Å²) in [6.07, 6.45) is -1.71. The molecular weight excluding hydrogens is 314 g/mol. The summed E-state index contributed by atoms with van der Waals surface area (Å²) in [5, 5.41) is 22.5. The Balaban J connectivity index is 2.63. The number of thiophene rings is 1. The zero-order valence-corrected chi connectivity index (χ0v) is 12.3. The number of carbonyl (C=O) groups excluding carboxylic acids is 1. The first-order valence-corrected chi connectivity index (χ1v) is 6.75. The fraction of sp³-hybridized carbons (Fsp3) is 0.167. The number of hydrogen-bond acceptors (Lipinski definition) is 7. The van der Waals surface area contributed by atoms with E-state index in [-0.39, 0.29) is 11.7 Å². The third-order valence-electron chi connectivity index (χ3n) is 2.60. The van der Waals surface area contributed by atoms with Gasteiger partial charge in [0, 0.05) is 14.0 Å². The Morgan fingerprint density at radius 3 is 2.73 bits per heavy atom. The Hall–Kier alpha value is -2.88. The largest absolute Gasteiger partial charge is 0.512 e. The first kappa shape index (κ1) is 15.5. The van der Waals surface area contributed by atoms with Gasteiger partial charge in [-0.3, -0.25) is 14.2 Å². The molecular formula is C12H11N3O6S. The van der Waals surface area contributed by atoms with Crippen molar-refractivity contribution in [3.8, 4) is 22.3 Å². The average molecular weight is 325 g/mol. The maximum Gasteiger partial charge on any atom is 0.512 e. The highest BCUT2D eigenvalue weighted by molar-refractivity contribution is 7.14. The Morgan fingerprint density at radius 2 is 2.14 bits per heavy atom. The van der Waals surface area contributed by atoms with Crippen molar-refractivity contribution in [2.45, 2.75) is 6.92 Å². The third-order valence-corrected chi connectivity index (χ3v) is 3.51. The highest BCUT2D eigenvalue weighted by atomic mass is 32.1. The molecule has 0 radical (unpaired) electrons. The van der Waals surface area contributed by atoms with E-state index >= 15 is 0 Å². The Bertz CT molecular complexity index is 810. The van der Waals surface area contributed by atoms with Crippen molar-refractivity contribution in [2.75, 3.05) is 5.32 Å². The lowest BCUT2D eigenvalue weighted by atomic mass is 10.3. The minimum absolute atomic E-state index is 0.0535. The van der Waals surface area contributed by atoms with Crippen LogP contribution in [0.25, 0.3) is 10.7 Å². The lowest BCUT2D eigenvalue weighted by Crippen LogP contribution is -2.21. The van der Waals surface area contributed by atoms with Crippen LogP contribution in [-0.2, 0) is 11.8 Å². The number of rotatable bonds is 3. The predicted molar refractivity (Wildman–Crippen MR) is 77.4 cm³/mol. The number of amides is 1. The Kier molecular flexibility index (Phi) is 4.13. The van der Waals surface area contributed by atoms with Crippen LogP contribution in [0.15, 0.2) is 16.2 Å². The molecule has 10 heteroatoms. The summed E-state index contributed by atoms with van der Waals surface area (Å²) in [4.78, 5) is 38.0. The van der Waals surface area contributed by atoms with E-state index in [1.165, 1.54) is 25.3 Å². The molecule has 1 amide bonds. The van der Waals surface area contributed by atoms with E-state index in [4.69, 9.17) is 5.11 Å². The molecule has 0 aliphatic rings. The fourth-order valence-corrected chi connectivity index (χ4v) is 2.57. The summed E-state index contributed by atoms with van der Waals surface area (Å²) in [6.45, 7) is 1.32. The van der Waals surface area contributed by atoms with Gasteiger partial charge in [-0.15, -0.1) is 11.3 Å². The van der Waals surface area contributed by atoms with E-state index in [0.29, 0.717) is 10.6 Å². The van der Waals surface area contributed by atoms with Gasteiger partial charge in [0.1, 0.15) is 0 Å². The van der Waals surface area contributed by atoms with Gasteiger partial charge in [0.15, 0.2) is 5.82 Å². The topological polar surface area (TPSA) is 131 Å². The number of anilines is 1. The van der Waals surface area contributed by atoms with Gasteiger partial charge in [-0.25, -0.2) is 4.79 Å². The van der Waals surface area contributed by atoms with Gasteiger partial charge in [-0.1, -0.05) is 0 Å². The molecule has 0 bridgehead atoms. The molecule has 2 aromatic rings. The number of carbonyl (C=O) groups is 2. The van der Waals surface area contributed by atoms with Crippen molar-refractivity contribution in [1.82, 2.24) is 9.55 Å². The molecule has 3 N–H and O–H groups in total. The van der Waals surface area contributed by atoms with Crippen molar-refractivity contribution in [3.05, 3.63) is 21.8 Å². The average Bonchev–Trinajstić information content (AvgIpc) is 2.86. The quantitative estimate of drug-likeness (QED) is 0.723. The van der Waals surface area contributed by atoms with Gasteiger partial charge >= 0.3 is 6.16 Å². The first-order valence-electron chi connectivity index (χ1n) is 5.87. The zero-order valence-electron chi connectivity index (χ0n) is 11.5. The fourth-order valence-electron chi connectivity index (χ4n) is 1.70. The second-order valence-electron chi connectivity index (χ2n) is 4.17. The van der Waals surface area contributed by atoms with Crippen LogP contribution in [0.4, 0.5) is 10.5 Å². The number of nitrogens with one attached hydrogen (secondary N) is 1. The van der Waals surface area contributed by atoms with Gasteiger partial charge in [0.25, 0.3) is 11.4 Å². The van der Waals surface area contributed by atoms with Crippen LogP contribution in [0.3, 0.4) is 0 Å². The molecule has 2 heterocycles. The zero-order chi connectivity index (χ0) is 16.4. The van der Waals surface area contributed by atoms with E-state index < -0.39 is 23.3 Å². The van der Waals surface area contributed by atoms with E-state index in [0.717, 1.165) is 4.57 Å². The van der Waals surface area contributed by atoms with E-state index in [1.807, 2.05) is 0 Å². The molecule has 0 fully saturated rings. The summed E-state index contributed by atoms with van der Waals surface area (Å²) in [7, 11) is 1.35. The van der Waals surface area contributed by atoms with Gasteiger partial charge < -0.3 is 20.3 Å². The molecule has 9 nitrogen and oxygen atoms in total. The van der Waals surface area contributed by atoms with Crippen LogP contribution >= 0.6 is 11.3 Å². The molecule has 0 atom stereocenters.